The van der Waals surface area contributed by atoms with E-state index >= 15 is 0 Å². The van der Waals surface area contributed by atoms with E-state index in [1.807, 2.05) is 24.3 Å². The van der Waals surface area contributed by atoms with Gasteiger partial charge in [-0.3, -0.25) is 9.69 Å². The second-order valence-electron chi connectivity index (χ2n) is 7.96. The Kier molecular flexibility index (Phi) is 7.13. The molecule has 1 N–H and O–H groups in total. The van der Waals surface area contributed by atoms with Crippen molar-refractivity contribution in [2.45, 2.75) is 12.7 Å². The number of rotatable bonds is 7. The molecule has 180 valence electrons. The van der Waals surface area contributed by atoms with E-state index < -0.39 is 11.7 Å². The number of hydrogen-bond donors (Lipinski definition) is 1. The molecule has 0 unspecified atom stereocenters. The van der Waals surface area contributed by atoms with Crippen molar-refractivity contribution in [3.05, 3.63) is 60.0 Å². The molecule has 1 aliphatic rings. The Labute approximate surface area is 194 Å². The SMILES string of the molecule is CN(CC(=O)Nc1ccc(N2CCOCC2)cc1)Cc1nc(-c2cccc(C(F)(F)F)c2)no1. The Balaban J connectivity index is 1.30. The number of benzene rings is 2. The van der Waals surface area contributed by atoms with Crippen LogP contribution in [0.1, 0.15) is 11.5 Å². The van der Waals surface area contributed by atoms with Crippen molar-refractivity contribution in [2.24, 2.45) is 0 Å². The van der Waals surface area contributed by atoms with Gasteiger partial charge in [0.25, 0.3) is 0 Å². The first kappa shape index (κ1) is 23.7. The van der Waals surface area contributed by atoms with Gasteiger partial charge in [-0.05, 0) is 43.4 Å². The van der Waals surface area contributed by atoms with Crippen LogP contribution in [0.5, 0.6) is 0 Å². The van der Waals surface area contributed by atoms with E-state index in [0.29, 0.717) is 18.9 Å². The minimum atomic E-state index is -4.46. The highest BCUT2D eigenvalue weighted by atomic mass is 19.4. The summed E-state index contributed by atoms with van der Waals surface area (Å²) < 4.78 is 49.3. The third kappa shape index (κ3) is 6.12. The first-order valence-electron chi connectivity index (χ1n) is 10.7. The molecule has 34 heavy (non-hydrogen) atoms. The summed E-state index contributed by atoms with van der Waals surface area (Å²) in [6.07, 6.45) is -4.46. The molecule has 1 aliphatic heterocycles. The van der Waals surface area contributed by atoms with Gasteiger partial charge >= 0.3 is 6.18 Å². The molecule has 1 aromatic heterocycles. The van der Waals surface area contributed by atoms with Crippen LogP contribution in [0.2, 0.25) is 0 Å². The van der Waals surface area contributed by atoms with E-state index in [1.165, 1.54) is 12.1 Å². The number of likely N-dealkylation sites (N-methyl/N-ethyl adjacent to an activating group) is 1. The van der Waals surface area contributed by atoms with E-state index in [4.69, 9.17) is 9.26 Å². The Morgan fingerprint density at radius 3 is 2.59 bits per heavy atom. The molecule has 0 radical (unpaired) electrons. The standard InChI is InChI=1S/C23H24F3N5O3/c1-30(14-20(32)27-18-5-7-19(8-6-18)31-9-11-33-12-10-31)15-21-28-22(29-34-21)16-3-2-4-17(13-16)23(24,25)26/h2-8,13H,9-12,14-15H2,1H3,(H,27,32). The molecule has 1 amide bonds. The van der Waals surface area contributed by atoms with Crippen molar-refractivity contribution in [3.8, 4) is 11.4 Å². The number of nitrogens with zero attached hydrogens (tertiary/aromatic N) is 4. The minimum absolute atomic E-state index is 0.0549. The van der Waals surface area contributed by atoms with Gasteiger partial charge in [-0.1, -0.05) is 17.3 Å². The predicted octanol–water partition coefficient (Wildman–Crippen LogP) is 3.66. The minimum Gasteiger partial charge on any atom is -0.378 e. The lowest BCUT2D eigenvalue weighted by Gasteiger charge is -2.28. The molecule has 8 nitrogen and oxygen atoms in total. The molecule has 2 aromatic carbocycles. The van der Waals surface area contributed by atoms with Crippen LogP contribution < -0.4 is 10.2 Å². The highest BCUT2D eigenvalue weighted by molar-refractivity contribution is 5.92. The number of aromatic nitrogens is 2. The fraction of sp³-hybridized carbons (Fsp3) is 0.348. The van der Waals surface area contributed by atoms with Gasteiger partial charge in [0.15, 0.2) is 0 Å². The Hall–Kier alpha value is -3.44. The number of hydrogen-bond acceptors (Lipinski definition) is 7. The number of halogens is 3. The first-order valence-corrected chi connectivity index (χ1v) is 10.7. The third-order valence-electron chi connectivity index (χ3n) is 5.26. The molecule has 0 bridgehead atoms. The number of alkyl halides is 3. The zero-order valence-electron chi connectivity index (χ0n) is 18.5. The van der Waals surface area contributed by atoms with Gasteiger partial charge in [0.05, 0.1) is 31.9 Å². The summed E-state index contributed by atoms with van der Waals surface area (Å²) in [6, 6.07) is 12.3. The van der Waals surface area contributed by atoms with E-state index in [9.17, 15) is 18.0 Å². The summed E-state index contributed by atoms with van der Waals surface area (Å²) in [7, 11) is 1.70. The quantitative estimate of drug-likeness (QED) is 0.558. The summed E-state index contributed by atoms with van der Waals surface area (Å²) in [4.78, 5) is 20.5. The van der Waals surface area contributed by atoms with Crippen LogP contribution in [0, 0.1) is 0 Å². The predicted molar refractivity (Wildman–Crippen MR) is 119 cm³/mol. The monoisotopic (exact) mass is 475 g/mol. The summed E-state index contributed by atoms with van der Waals surface area (Å²) >= 11 is 0. The molecule has 1 fully saturated rings. The van der Waals surface area contributed by atoms with Crippen LogP contribution in [-0.2, 0) is 22.3 Å². The average Bonchev–Trinajstić information content (AvgIpc) is 3.28. The lowest BCUT2D eigenvalue weighted by atomic mass is 10.1. The van der Waals surface area contributed by atoms with Crippen molar-refractivity contribution < 1.29 is 27.2 Å². The van der Waals surface area contributed by atoms with E-state index in [-0.39, 0.29) is 36.3 Å². The maximum Gasteiger partial charge on any atom is 0.416 e. The van der Waals surface area contributed by atoms with Crippen molar-refractivity contribution in [2.75, 3.05) is 50.1 Å². The van der Waals surface area contributed by atoms with Crippen LogP contribution in [0.3, 0.4) is 0 Å². The first-order chi connectivity index (χ1) is 16.3. The van der Waals surface area contributed by atoms with Crippen molar-refractivity contribution in [3.63, 3.8) is 0 Å². The van der Waals surface area contributed by atoms with Gasteiger partial charge in [0, 0.05) is 30.0 Å². The van der Waals surface area contributed by atoms with E-state index in [2.05, 4.69) is 20.4 Å². The molecule has 4 rings (SSSR count). The summed E-state index contributed by atoms with van der Waals surface area (Å²) in [6.45, 7) is 3.30. The van der Waals surface area contributed by atoms with E-state index in [0.717, 1.165) is 30.9 Å². The van der Waals surface area contributed by atoms with Gasteiger partial charge in [-0.2, -0.15) is 18.2 Å². The number of nitrogens with one attached hydrogen (secondary N) is 1. The summed E-state index contributed by atoms with van der Waals surface area (Å²) in [5.41, 5.74) is 1.17. The van der Waals surface area contributed by atoms with Gasteiger partial charge in [0.2, 0.25) is 17.6 Å². The van der Waals surface area contributed by atoms with E-state index in [1.54, 1.807) is 11.9 Å². The average molecular weight is 475 g/mol. The molecule has 2 heterocycles. The zero-order chi connectivity index (χ0) is 24.1. The van der Waals surface area contributed by atoms with Crippen LogP contribution >= 0.6 is 0 Å². The number of ether oxygens (including phenoxy) is 1. The molecule has 0 spiro atoms. The second kappa shape index (κ2) is 10.2. The van der Waals surface area contributed by atoms with Crippen molar-refractivity contribution >= 4 is 17.3 Å². The molecule has 11 heteroatoms. The van der Waals surface area contributed by atoms with Gasteiger partial charge in [-0.15, -0.1) is 0 Å². The van der Waals surface area contributed by atoms with Gasteiger partial charge in [-0.25, -0.2) is 0 Å². The largest absolute Gasteiger partial charge is 0.416 e. The fourth-order valence-electron chi connectivity index (χ4n) is 3.58. The Bertz CT molecular complexity index is 1110. The number of carbonyl (C=O) groups is 1. The lowest BCUT2D eigenvalue weighted by Crippen LogP contribution is -2.36. The topological polar surface area (TPSA) is 83.7 Å². The summed E-state index contributed by atoms with van der Waals surface area (Å²) in [5, 5.41) is 6.61. The molecular weight excluding hydrogens is 451 g/mol. The fourth-order valence-corrected chi connectivity index (χ4v) is 3.58. The smallest absolute Gasteiger partial charge is 0.378 e. The number of carbonyl (C=O) groups excluding carboxylic acids is 1. The number of anilines is 2. The normalized spacial score (nSPS) is 14.4. The van der Waals surface area contributed by atoms with Gasteiger partial charge < -0.3 is 19.5 Å². The van der Waals surface area contributed by atoms with Crippen LogP contribution in [-0.4, -0.2) is 60.8 Å². The highest BCUT2D eigenvalue weighted by Gasteiger charge is 2.30. The third-order valence-corrected chi connectivity index (χ3v) is 5.26. The number of amides is 1. The molecule has 1 saturated heterocycles. The Morgan fingerprint density at radius 1 is 1.15 bits per heavy atom. The van der Waals surface area contributed by atoms with Gasteiger partial charge in [0.1, 0.15) is 0 Å². The lowest BCUT2D eigenvalue weighted by molar-refractivity contribution is -0.137. The van der Waals surface area contributed by atoms with Crippen LogP contribution in [0.4, 0.5) is 24.5 Å². The molecule has 0 aliphatic carbocycles. The molecule has 0 saturated carbocycles. The summed E-state index contributed by atoms with van der Waals surface area (Å²) in [5.74, 6) is 0.0242. The molecule has 0 atom stereocenters. The Morgan fingerprint density at radius 2 is 1.88 bits per heavy atom. The van der Waals surface area contributed by atoms with Crippen LogP contribution in [0.25, 0.3) is 11.4 Å². The maximum atomic E-state index is 12.9. The van der Waals surface area contributed by atoms with Crippen LogP contribution in [0.15, 0.2) is 53.1 Å². The second-order valence-corrected chi connectivity index (χ2v) is 7.96. The van der Waals surface area contributed by atoms with Crippen molar-refractivity contribution in [1.82, 2.24) is 15.0 Å². The maximum absolute atomic E-state index is 12.9. The number of morpholine rings is 1. The molecule has 3 aromatic rings. The zero-order valence-corrected chi connectivity index (χ0v) is 18.5. The van der Waals surface area contributed by atoms with Crippen molar-refractivity contribution in [1.29, 1.82) is 0 Å². The molecular formula is C23H24F3N5O3. The highest BCUT2D eigenvalue weighted by Crippen LogP contribution is 2.31.